The van der Waals surface area contributed by atoms with Crippen molar-refractivity contribution in [2.24, 2.45) is 0 Å². The van der Waals surface area contributed by atoms with Gasteiger partial charge in [-0.05, 0) is 29.8 Å². The molecule has 30 heavy (non-hydrogen) atoms. The molecule has 2 aromatic carbocycles. The summed E-state index contributed by atoms with van der Waals surface area (Å²) in [5, 5.41) is 9.42. The van der Waals surface area contributed by atoms with Gasteiger partial charge in [0.2, 0.25) is 5.95 Å². The number of imide groups is 1. The van der Waals surface area contributed by atoms with E-state index in [0.29, 0.717) is 23.3 Å². The van der Waals surface area contributed by atoms with Crippen molar-refractivity contribution in [1.82, 2.24) is 24.6 Å². The van der Waals surface area contributed by atoms with E-state index in [1.54, 1.807) is 24.1 Å². The van der Waals surface area contributed by atoms with Crippen molar-refractivity contribution in [2.45, 2.75) is 18.8 Å². The smallest absolute Gasteiger partial charge is 0.321 e. The highest BCUT2D eigenvalue weighted by Gasteiger charge is 2.54. The first-order chi connectivity index (χ1) is 14.5. The number of likely N-dealkylation sites (N-methyl/N-ethyl adjacent to an activating group) is 2. The van der Waals surface area contributed by atoms with Gasteiger partial charge in [0.1, 0.15) is 6.17 Å². The molecule has 3 amide bonds. The van der Waals surface area contributed by atoms with Crippen LogP contribution in [-0.2, 0) is 11.3 Å². The fourth-order valence-electron chi connectivity index (χ4n) is 4.18. The monoisotopic (exact) mass is 422 g/mol. The number of nitrogens with zero attached hydrogens (tertiary/aromatic N) is 6. The van der Waals surface area contributed by atoms with Crippen molar-refractivity contribution < 1.29 is 9.59 Å². The molecule has 2 aliphatic rings. The average molecular weight is 423 g/mol. The first kappa shape index (κ1) is 18.6. The van der Waals surface area contributed by atoms with E-state index in [2.05, 4.69) is 10.2 Å². The molecule has 1 aromatic heterocycles. The number of amides is 3. The molecule has 1 fully saturated rings. The molecule has 9 heteroatoms. The van der Waals surface area contributed by atoms with E-state index in [1.165, 1.54) is 11.9 Å². The van der Waals surface area contributed by atoms with Crippen LogP contribution in [0.4, 0.5) is 10.7 Å². The van der Waals surface area contributed by atoms with E-state index >= 15 is 0 Å². The number of hydrogen-bond acceptors (Lipinski definition) is 5. The lowest BCUT2D eigenvalue weighted by Crippen LogP contribution is -2.61. The number of anilines is 1. The van der Waals surface area contributed by atoms with Crippen LogP contribution >= 0.6 is 11.6 Å². The van der Waals surface area contributed by atoms with Crippen molar-refractivity contribution in [3.63, 3.8) is 0 Å². The van der Waals surface area contributed by atoms with Crippen LogP contribution < -0.4 is 4.90 Å². The Labute approximate surface area is 178 Å². The maximum Gasteiger partial charge on any atom is 0.327 e. The van der Waals surface area contributed by atoms with Crippen LogP contribution in [0.5, 0.6) is 0 Å². The molecular weight excluding hydrogens is 404 g/mol. The molecule has 2 unspecified atom stereocenters. The number of halogens is 1. The quantitative estimate of drug-likeness (QED) is 0.648. The molecule has 0 saturated carbocycles. The Bertz CT molecular complexity index is 1130. The largest absolute Gasteiger partial charge is 0.327 e. The highest BCUT2D eigenvalue weighted by Crippen LogP contribution is 2.42. The minimum Gasteiger partial charge on any atom is -0.321 e. The number of aromatic nitrogens is 3. The maximum absolute atomic E-state index is 13.2. The van der Waals surface area contributed by atoms with E-state index in [-0.39, 0.29) is 11.9 Å². The van der Waals surface area contributed by atoms with Crippen LogP contribution in [-0.4, -0.2) is 56.6 Å². The second-order valence-corrected chi connectivity index (χ2v) is 7.90. The molecule has 3 aromatic rings. The predicted octanol–water partition coefficient (Wildman–Crippen LogP) is 3.01. The lowest BCUT2D eigenvalue weighted by Gasteiger charge is -2.40. The number of benzene rings is 2. The summed E-state index contributed by atoms with van der Waals surface area (Å²) in [6, 6.07) is 16.2. The molecule has 0 bridgehead atoms. The SMILES string of the molecule is CN1C(=O)C2C(N(C)C1=O)n1c(-c3ccc(Cl)cc3)nnc1N2Cc1ccccc1. The molecule has 0 spiro atoms. The van der Waals surface area contributed by atoms with Crippen molar-refractivity contribution in [1.29, 1.82) is 0 Å². The van der Waals surface area contributed by atoms with Gasteiger partial charge in [-0.2, -0.15) is 0 Å². The lowest BCUT2D eigenvalue weighted by molar-refractivity contribution is -0.133. The zero-order valence-electron chi connectivity index (χ0n) is 16.4. The molecule has 0 N–H and O–H groups in total. The molecule has 152 valence electrons. The summed E-state index contributed by atoms with van der Waals surface area (Å²) in [5.74, 6) is 0.887. The van der Waals surface area contributed by atoms with Gasteiger partial charge in [-0.3, -0.25) is 14.3 Å². The Morgan fingerprint density at radius 1 is 0.967 bits per heavy atom. The van der Waals surface area contributed by atoms with Crippen LogP contribution in [0.3, 0.4) is 0 Å². The number of carbonyl (C=O) groups is 2. The van der Waals surface area contributed by atoms with Crippen LogP contribution in [0.2, 0.25) is 5.02 Å². The van der Waals surface area contributed by atoms with Gasteiger partial charge in [0, 0.05) is 31.2 Å². The fourth-order valence-corrected chi connectivity index (χ4v) is 4.31. The average Bonchev–Trinajstić information content (AvgIpc) is 3.31. The van der Waals surface area contributed by atoms with Crippen LogP contribution in [0.25, 0.3) is 11.4 Å². The summed E-state index contributed by atoms with van der Waals surface area (Å²) >= 11 is 6.04. The Morgan fingerprint density at radius 3 is 2.37 bits per heavy atom. The fraction of sp³-hybridized carbons (Fsp3) is 0.238. The van der Waals surface area contributed by atoms with Gasteiger partial charge in [0.05, 0.1) is 0 Å². The van der Waals surface area contributed by atoms with Crippen LogP contribution in [0, 0.1) is 0 Å². The van der Waals surface area contributed by atoms with Crippen molar-refractivity contribution in [2.75, 3.05) is 19.0 Å². The van der Waals surface area contributed by atoms with Gasteiger partial charge in [-0.1, -0.05) is 41.9 Å². The van der Waals surface area contributed by atoms with Gasteiger partial charge < -0.3 is 9.80 Å². The Kier molecular flexibility index (Phi) is 4.25. The van der Waals surface area contributed by atoms with Crippen molar-refractivity contribution in [3.8, 4) is 11.4 Å². The molecule has 2 aliphatic heterocycles. The second-order valence-electron chi connectivity index (χ2n) is 7.46. The number of rotatable bonds is 3. The summed E-state index contributed by atoms with van der Waals surface area (Å²) in [4.78, 5) is 30.6. The minimum absolute atomic E-state index is 0.258. The summed E-state index contributed by atoms with van der Waals surface area (Å²) < 4.78 is 1.87. The van der Waals surface area contributed by atoms with Gasteiger partial charge >= 0.3 is 6.03 Å². The molecular formula is C21H19ClN6O2. The minimum atomic E-state index is -0.588. The second kappa shape index (κ2) is 6.84. The third-order valence-corrected chi connectivity index (χ3v) is 5.94. The number of hydrogen-bond donors (Lipinski definition) is 0. The Balaban J connectivity index is 1.66. The number of carbonyl (C=O) groups excluding carboxylic acids is 2. The maximum atomic E-state index is 13.2. The first-order valence-corrected chi connectivity index (χ1v) is 9.91. The third-order valence-electron chi connectivity index (χ3n) is 5.68. The van der Waals surface area contributed by atoms with E-state index in [0.717, 1.165) is 11.1 Å². The molecule has 8 nitrogen and oxygen atoms in total. The summed E-state index contributed by atoms with van der Waals surface area (Å²) in [6.45, 7) is 0.475. The van der Waals surface area contributed by atoms with E-state index in [4.69, 9.17) is 11.6 Å². The Hall–Kier alpha value is -3.39. The first-order valence-electron chi connectivity index (χ1n) is 9.53. The summed E-state index contributed by atoms with van der Waals surface area (Å²) in [5.41, 5.74) is 1.85. The molecule has 1 saturated heterocycles. The van der Waals surface area contributed by atoms with E-state index in [1.807, 2.05) is 51.9 Å². The van der Waals surface area contributed by atoms with Gasteiger partial charge in [0.25, 0.3) is 5.91 Å². The van der Waals surface area contributed by atoms with E-state index in [9.17, 15) is 9.59 Å². The standard InChI is InChI=1S/C21H19ClN6O2/c1-25-18-16(19(29)26(2)21(25)30)27(12-13-6-4-3-5-7-13)20-24-23-17(28(18)20)14-8-10-15(22)11-9-14/h3-11,16,18H,12H2,1-2H3. The normalized spacial score (nSPS) is 20.6. The van der Waals surface area contributed by atoms with Gasteiger partial charge in [-0.25, -0.2) is 4.79 Å². The summed E-state index contributed by atoms with van der Waals surface area (Å²) in [6.07, 6.45) is -0.541. The van der Waals surface area contributed by atoms with Crippen molar-refractivity contribution in [3.05, 3.63) is 65.2 Å². The van der Waals surface area contributed by atoms with E-state index < -0.39 is 12.2 Å². The summed E-state index contributed by atoms with van der Waals surface area (Å²) in [7, 11) is 3.21. The van der Waals surface area contributed by atoms with Crippen LogP contribution in [0.15, 0.2) is 54.6 Å². The topological polar surface area (TPSA) is 74.6 Å². The molecule has 0 radical (unpaired) electrons. The number of fused-ring (bicyclic) bond motifs is 3. The predicted molar refractivity (Wildman–Crippen MR) is 112 cm³/mol. The Morgan fingerprint density at radius 2 is 1.67 bits per heavy atom. The molecule has 3 heterocycles. The molecule has 5 rings (SSSR count). The highest BCUT2D eigenvalue weighted by atomic mass is 35.5. The zero-order valence-corrected chi connectivity index (χ0v) is 17.2. The molecule has 2 atom stereocenters. The zero-order chi connectivity index (χ0) is 21.0. The third kappa shape index (κ3) is 2.68. The van der Waals surface area contributed by atoms with Crippen LogP contribution in [0.1, 0.15) is 11.7 Å². The lowest BCUT2D eigenvalue weighted by atomic mass is 10.1. The highest BCUT2D eigenvalue weighted by molar-refractivity contribution is 6.30. The van der Waals surface area contributed by atoms with Gasteiger partial charge in [-0.15, -0.1) is 10.2 Å². The molecule has 0 aliphatic carbocycles. The van der Waals surface area contributed by atoms with Gasteiger partial charge in [0.15, 0.2) is 11.9 Å². The van der Waals surface area contributed by atoms with Crippen molar-refractivity contribution >= 4 is 29.5 Å². The number of urea groups is 1.